The molecule has 8 heteroatoms. The van der Waals surface area contributed by atoms with E-state index in [0.29, 0.717) is 5.56 Å². The molecule has 1 aliphatic rings. The third kappa shape index (κ3) is 3.55. The van der Waals surface area contributed by atoms with Gasteiger partial charge in [0.1, 0.15) is 6.61 Å². The van der Waals surface area contributed by atoms with Gasteiger partial charge in [0.25, 0.3) is 5.56 Å². The van der Waals surface area contributed by atoms with Gasteiger partial charge in [-0.05, 0) is 12.1 Å². The lowest BCUT2D eigenvalue weighted by Crippen LogP contribution is -2.32. The fraction of sp³-hybridized carbons (Fsp3) is 0.267. The van der Waals surface area contributed by atoms with Gasteiger partial charge in [-0.25, -0.2) is 9.59 Å². The molecule has 120 valence electrons. The highest BCUT2D eigenvalue weighted by atomic mass is 16.7. The number of nitrogens with one attached hydrogen (secondary N) is 1. The largest absolute Gasteiger partial charge is 0.457 e. The average Bonchev–Trinajstić information content (AvgIpc) is 3.02. The van der Waals surface area contributed by atoms with Crippen LogP contribution in [0.5, 0.6) is 0 Å². The molecule has 1 fully saturated rings. The fourth-order valence-electron chi connectivity index (χ4n) is 2.13. The summed E-state index contributed by atoms with van der Waals surface area (Å²) in [7, 11) is 0. The van der Waals surface area contributed by atoms with E-state index in [1.165, 1.54) is 16.8 Å². The normalized spacial score (nSPS) is 20.3. The fourth-order valence-corrected chi connectivity index (χ4v) is 2.13. The van der Waals surface area contributed by atoms with Gasteiger partial charge in [0.05, 0.1) is 12.2 Å². The smallest absolute Gasteiger partial charge is 0.338 e. The van der Waals surface area contributed by atoms with Gasteiger partial charge in [0.2, 0.25) is 0 Å². The molecular formula is C15H14N2O6. The molecule has 1 aromatic heterocycles. The molecule has 0 aliphatic carbocycles. The molecule has 2 atom stereocenters. The van der Waals surface area contributed by atoms with Crippen molar-refractivity contribution in [1.82, 2.24) is 9.55 Å². The summed E-state index contributed by atoms with van der Waals surface area (Å²) >= 11 is 0. The van der Waals surface area contributed by atoms with E-state index >= 15 is 0 Å². The van der Waals surface area contributed by atoms with E-state index in [2.05, 4.69) is 4.98 Å². The number of hydrogen-bond acceptors (Lipinski definition) is 6. The van der Waals surface area contributed by atoms with Crippen molar-refractivity contribution in [3.8, 4) is 0 Å². The monoisotopic (exact) mass is 318 g/mol. The van der Waals surface area contributed by atoms with Crippen LogP contribution in [0.15, 0.2) is 52.2 Å². The number of aromatic nitrogens is 2. The molecule has 2 heterocycles. The van der Waals surface area contributed by atoms with E-state index in [0.717, 1.165) is 0 Å². The van der Waals surface area contributed by atoms with Gasteiger partial charge < -0.3 is 14.2 Å². The Hall–Kier alpha value is -2.71. The summed E-state index contributed by atoms with van der Waals surface area (Å²) in [6.45, 7) is 0.0157. The number of H-pyrrole nitrogens is 1. The van der Waals surface area contributed by atoms with Gasteiger partial charge in [-0.15, -0.1) is 0 Å². The Morgan fingerprint density at radius 3 is 2.78 bits per heavy atom. The van der Waals surface area contributed by atoms with E-state index in [9.17, 15) is 14.4 Å². The molecule has 0 bridgehead atoms. The molecule has 1 saturated heterocycles. The Labute approximate surface area is 130 Å². The zero-order valence-electron chi connectivity index (χ0n) is 12.0. The van der Waals surface area contributed by atoms with E-state index < -0.39 is 29.7 Å². The van der Waals surface area contributed by atoms with Crippen molar-refractivity contribution in [2.45, 2.75) is 12.5 Å². The summed E-state index contributed by atoms with van der Waals surface area (Å²) in [5, 5.41) is 0. The Bertz CT molecular complexity index is 797. The van der Waals surface area contributed by atoms with E-state index in [1.807, 2.05) is 0 Å². The summed E-state index contributed by atoms with van der Waals surface area (Å²) in [6.07, 6.45) is -0.126. The predicted octanol–water partition coefficient (Wildman–Crippen LogP) is 0.265. The van der Waals surface area contributed by atoms with Gasteiger partial charge in [-0.1, -0.05) is 18.2 Å². The number of benzene rings is 1. The van der Waals surface area contributed by atoms with Crippen LogP contribution in [0, 0.1) is 0 Å². The number of ether oxygens (including phenoxy) is 3. The molecular weight excluding hydrogens is 304 g/mol. The van der Waals surface area contributed by atoms with Gasteiger partial charge >= 0.3 is 11.7 Å². The summed E-state index contributed by atoms with van der Waals surface area (Å²) in [5.41, 5.74) is -0.648. The highest BCUT2D eigenvalue weighted by Gasteiger charge is 2.29. The first-order chi connectivity index (χ1) is 11.1. The molecule has 23 heavy (non-hydrogen) atoms. The summed E-state index contributed by atoms with van der Waals surface area (Å²) in [6, 6.07) is 9.76. The highest BCUT2D eigenvalue weighted by molar-refractivity contribution is 5.89. The molecule has 1 N–H and O–H groups in total. The zero-order chi connectivity index (χ0) is 16.2. The maximum absolute atomic E-state index is 11.8. The number of aromatic amines is 1. The minimum absolute atomic E-state index is 0.0949. The third-order valence-electron chi connectivity index (χ3n) is 3.25. The number of rotatable bonds is 4. The SMILES string of the molecule is O=C(OC[C@H]1OCC(n2ccc(=O)[nH]c2=O)O1)c1ccccc1. The van der Waals surface area contributed by atoms with Gasteiger partial charge in [0.15, 0.2) is 12.5 Å². The second kappa shape index (κ2) is 6.59. The van der Waals surface area contributed by atoms with Crippen molar-refractivity contribution in [2.24, 2.45) is 0 Å². The molecule has 0 amide bonds. The second-order valence-electron chi connectivity index (χ2n) is 4.84. The van der Waals surface area contributed by atoms with Gasteiger partial charge in [-0.3, -0.25) is 14.3 Å². The first kappa shape index (κ1) is 15.2. The number of carbonyl (C=O) groups is 1. The average molecular weight is 318 g/mol. The van der Waals surface area contributed by atoms with Crippen molar-refractivity contribution in [3.63, 3.8) is 0 Å². The highest BCUT2D eigenvalue weighted by Crippen LogP contribution is 2.19. The molecule has 2 aromatic rings. The van der Waals surface area contributed by atoms with Crippen LogP contribution >= 0.6 is 0 Å². The number of nitrogens with zero attached hydrogens (tertiary/aromatic N) is 1. The molecule has 1 unspecified atom stereocenters. The predicted molar refractivity (Wildman–Crippen MR) is 77.9 cm³/mol. The molecule has 1 aliphatic heterocycles. The standard InChI is InChI=1S/C15H14N2O6/c18-11-6-7-17(15(20)16-11)12-8-21-13(23-12)9-22-14(19)10-4-2-1-3-5-10/h1-7,12-13H,8-9H2,(H,16,18,20)/t12?,13-/m0/s1. The summed E-state index contributed by atoms with van der Waals surface area (Å²) in [5.74, 6) is -0.484. The van der Waals surface area contributed by atoms with Crippen molar-refractivity contribution in [1.29, 1.82) is 0 Å². The van der Waals surface area contributed by atoms with Crippen LogP contribution in [0.3, 0.4) is 0 Å². The van der Waals surface area contributed by atoms with Crippen LogP contribution in [-0.4, -0.2) is 35.0 Å². The van der Waals surface area contributed by atoms with Crippen LogP contribution in [-0.2, 0) is 14.2 Å². The summed E-state index contributed by atoms with van der Waals surface area (Å²) in [4.78, 5) is 36.7. The zero-order valence-corrected chi connectivity index (χ0v) is 12.0. The Morgan fingerprint density at radius 1 is 1.26 bits per heavy atom. The maximum Gasteiger partial charge on any atom is 0.338 e. The molecule has 3 rings (SSSR count). The molecule has 1 aromatic carbocycles. The number of carbonyl (C=O) groups excluding carboxylic acids is 1. The van der Waals surface area contributed by atoms with Crippen molar-refractivity contribution >= 4 is 5.97 Å². The first-order valence-corrected chi connectivity index (χ1v) is 6.94. The maximum atomic E-state index is 11.8. The van der Waals surface area contributed by atoms with Gasteiger partial charge in [-0.2, -0.15) is 0 Å². The van der Waals surface area contributed by atoms with Crippen LogP contribution in [0.25, 0.3) is 0 Å². The van der Waals surface area contributed by atoms with E-state index in [1.54, 1.807) is 30.3 Å². The van der Waals surface area contributed by atoms with Crippen LogP contribution in [0.4, 0.5) is 0 Å². The lowest BCUT2D eigenvalue weighted by molar-refractivity contribution is -0.103. The molecule has 0 spiro atoms. The molecule has 0 saturated carbocycles. The quantitative estimate of drug-likeness (QED) is 0.812. The third-order valence-corrected chi connectivity index (χ3v) is 3.25. The Balaban J connectivity index is 1.57. The number of hydrogen-bond donors (Lipinski definition) is 1. The van der Waals surface area contributed by atoms with E-state index in [-0.39, 0.29) is 13.2 Å². The lowest BCUT2D eigenvalue weighted by atomic mass is 10.2. The summed E-state index contributed by atoms with van der Waals surface area (Å²) < 4.78 is 17.2. The lowest BCUT2D eigenvalue weighted by Gasteiger charge is -2.13. The molecule has 8 nitrogen and oxygen atoms in total. The topological polar surface area (TPSA) is 99.6 Å². The molecule has 0 radical (unpaired) electrons. The van der Waals surface area contributed by atoms with Crippen molar-refractivity contribution < 1.29 is 19.0 Å². The van der Waals surface area contributed by atoms with Crippen LogP contribution in [0.1, 0.15) is 16.6 Å². The minimum atomic E-state index is -0.772. The van der Waals surface area contributed by atoms with Gasteiger partial charge in [0, 0.05) is 12.3 Å². The second-order valence-corrected chi connectivity index (χ2v) is 4.84. The van der Waals surface area contributed by atoms with Crippen molar-refractivity contribution in [3.05, 3.63) is 69.0 Å². The van der Waals surface area contributed by atoms with Crippen molar-refractivity contribution in [2.75, 3.05) is 13.2 Å². The van der Waals surface area contributed by atoms with Crippen LogP contribution < -0.4 is 11.2 Å². The van der Waals surface area contributed by atoms with Crippen LogP contribution in [0.2, 0.25) is 0 Å². The Kier molecular flexibility index (Phi) is 4.35. The van der Waals surface area contributed by atoms with E-state index in [4.69, 9.17) is 14.2 Å². The Morgan fingerprint density at radius 2 is 2.04 bits per heavy atom. The first-order valence-electron chi connectivity index (χ1n) is 6.94. The minimum Gasteiger partial charge on any atom is -0.457 e. The number of esters is 1.